The predicted octanol–water partition coefficient (Wildman–Crippen LogP) is 5.02. The Balaban J connectivity index is 1.63. The third-order valence-electron chi connectivity index (χ3n) is 6.80. The highest BCUT2D eigenvalue weighted by Gasteiger charge is 2.49. The Morgan fingerprint density at radius 1 is 1.31 bits per heavy atom. The SMILES string of the molecule is CCCCN(CC)C(=O)[C@H]1CCC2=Cc3c(cnn3-c3ccc(F)cc3)C[C@@]21C. The Kier molecular flexibility index (Phi) is 5.32. The number of fused-ring (bicyclic) bond motifs is 2. The summed E-state index contributed by atoms with van der Waals surface area (Å²) in [4.78, 5) is 15.4. The van der Waals surface area contributed by atoms with Crippen molar-refractivity contribution in [2.24, 2.45) is 11.3 Å². The van der Waals surface area contributed by atoms with Crippen molar-refractivity contribution in [1.82, 2.24) is 14.7 Å². The molecule has 1 amide bonds. The van der Waals surface area contributed by atoms with E-state index in [9.17, 15) is 9.18 Å². The molecule has 4 nitrogen and oxygen atoms in total. The van der Waals surface area contributed by atoms with Gasteiger partial charge >= 0.3 is 0 Å². The lowest BCUT2D eigenvalue weighted by Gasteiger charge is -2.37. The van der Waals surface area contributed by atoms with Gasteiger partial charge < -0.3 is 4.90 Å². The van der Waals surface area contributed by atoms with E-state index in [1.54, 1.807) is 12.1 Å². The number of hydrogen-bond acceptors (Lipinski definition) is 2. The number of allylic oxidation sites excluding steroid dienone is 1. The van der Waals surface area contributed by atoms with Crippen molar-refractivity contribution >= 4 is 12.0 Å². The fourth-order valence-corrected chi connectivity index (χ4v) is 5.02. The Bertz CT molecular complexity index is 930. The molecule has 2 aliphatic carbocycles. The number of nitrogens with zero attached hydrogens (tertiary/aromatic N) is 3. The molecule has 2 atom stereocenters. The van der Waals surface area contributed by atoms with Crippen molar-refractivity contribution in [3.8, 4) is 5.69 Å². The molecule has 1 aromatic heterocycles. The maximum atomic E-state index is 13.4. The first-order chi connectivity index (χ1) is 14.0. The second-order valence-electron chi connectivity index (χ2n) is 8.57. The van der Waals surface area contributed by atoms with E-state index in [1.807, 2.05) is 15.8 Å². The lowest BCUT2D eigenvalue weighted by molar-refractivity contribution is -0.138. The molecule has 2 aliphatic rings. The summed E-state index contributed by atoms with van der Waals surface area (Å²) in [5, 5.41) is 4.57. The second-order valence-corrected chi connectivity index (χ2v) is 8.57. The highest BCUT2D eigenvalue weighted by Crippen LogP contribution is 2.53. The molecular formula is C24H30FN3O. The van der Waals surface area contributed by atoms with Gasteiger partial charge in [0.25, 0.3) is 0 Å². The fraction of sp³-hybridized carbons (Fsp3) is 0.500. The summed E-state index contributed by atoms with van der Waals surface area (Å²) < 4.78 is 15.2. The van der Waals surface area contributed by atoms with Crippen molar-refractivity contribution in [2.45, 2.75) is 52.9 Å². The van der Waals surface area contributed by atoms with E-state index < -0.39 is 0 Å². The summed E-state index contributed by atoms with van der Waals surface area (Å²) in [5.74, 6) is 0.0931. The lowest BCUT2D eigenvalue weighted by atomic mass is 9.69. The molecule has 29 heavy (non-hydrogen) atoms. The molecule has 0 saturated heterocycles. The van der Waals surface area contributed by atoms with Crippen LogP contribution in [-0.4, -0.2) is 33.7 Å². The standard InChI is InChI=1S/C24H30FN3O/c1-4-6-13-27(5-2)23(29)21-12-7-18-14-22-17(15-24(18,21)3)16-26-28(22)20-10-8-19(25)9-11-20/h8-11,14,16,21H,4-7,12-13,15H2,1-3H3/t21-,24+/m1/s1. The minimum Gasteiger partial charge on any atom is -0.343 e. The number of carbonyl (C=O) groups excluding carboxylic acids is 1. The van der Waals surface area contributed by atoms with Crippen LogP contribution in [0.4, 0.5) is 4.39 Å². The number of rotatable bonds is 6. The van der Waals surface area contributed by atoms with Crippen molar-refractivity contribution in [3.63, 3.8) is 0 Å². The van der Waals surface area contributed by atoms with Gasteiger partial charge in [-0.3, -0.25) is 4.79 Å². The molecule has 5 heteroatoms. The van der Waals surface area contributed by atoms with E-state index in [0.29, 0.717) is 5.91 Å². The summed E-state index contributed by atoms with van der Waals surface area (Å²) in [6, 6.07) is 6.43. The van der Waals surface area contributed by atoms with Crippen LogP contribution in [-0.2, 0) is 11.2 Å². The molecule has 154 valence electrons. The molecule has 0 N–H and O–H groups in total. The van der Waals surface area contributed by atoms with Gasteiger partial charge in [0, 0.05) is 24.4 Å². The molecule has 4 rings (SSSR count). The lowest BCUT2D eigenvalue weighted by Crippen LogP contribution is -2.43. The van der Waals surface area contributed by atoms with Gasteiger partial charge in [-0.1, -0.05) is 25.8 Å². The highest BCUT2D eigenvalue weighted by molar-refractivity contribution is 5.82. The summed E-state index contributed by atoms with van der Waals surface area (Å²) in [5.41, 5.74) is 4.29. The maximum absolute atomic E-state index is 13.4. The van der Waals surface area contributed by atoms with Crippen LogP contribution >= 0.6 is 0 Å². The normalized spacial score (nSPS) is 22.8. The van der Waals surface area contributed by atoms with Gasteiger partial charge in [0.05, 0.1) is 17.6 Å². The molecule has 0 spiro atoms. The Labute approximate surface area is 172 Å². The summed E-state index contributed by atoms with van der Waals surface area (Å²) in [6.07, 6.45) is 8.99. The predicted molar refractivity (Wildman–Crippen MR) is 113 cm³/mol. The zero-order valence-corrected chi connectivity index (χ0v) is 17.6. The van der Waals surface area contributed by atoms with E-state index in [0.717, 1.165) is 62.1 Å². The number of hydrogen-bond donors (Lipinski definition) is 0. The van der Waals surface area contributed by atoms with Gasteiger partial charge in [0.1, 0.15) is 5.82 Å². The number of benzene rings is 1. The number of amides is 1. The van der Waals surface area contributed by atoms with E-state index in [2.05, 4.69) is 31.9 Å². The van der Waals surface area contributed by atoms with Gasteiger partial charge in [-0.05, 0) is 68.5 Å². The van der Waals surface area contributed by atoms with E-state index in [-0.39, 0.29) is 17.2 Å². The van der Waals surface area contributed by atoms with E-state index in [4.69, 9.17) is 0 Å². The number of unbranched alkanes of at least 4 members (excludes halogenated alkanes) is 1. The molecule has 1 heterocycles. The first kappa shape index (κ1) is 19.9. The van der Waals surface area contributed by atoms with Gasteiger partial charge in [-0.25, -0.2) is 9.07 Å². The average Bonchev–Trinajstić information content (AvgIpc) is 3.26. The van der Waals surface area contributed by atoms with Gasteiger partial charge in [-0.2, -0.15) is 5.10 Å². The quantitative estimate of drug-likeness (QED) is 0.689. The Morgan fingerprint density at radius 3 is 2.76 bits per heavy atom. The molecule has 0 unspecified atom stereocenters. The molecule has 0 aliphatic heterocycles. The number of aromatic nitrogens is 2. The van der Waals surface area contributed by atoms with Crippen LogP contribution in [0.1, 0.15) is 57.7 Å². The zero-order valence-electron chi connectivity index (χ0n) is 17.6. The third kappa shape index (κ3) is 3.41. The molecule has 1 aromatic carbocycles. The van der Waals surface area contributed by atoms with Crippen LogP contribution < -0.4 is 0 Å². The van der Waals surface area contributed by atoms with Gasteiger partial charge in [0.15, 0.2) is 0 Å². The molecule has 0 bridgehead atoms. The largest absolute Gasteiger partial charge is 0.343 e. The Hall–Kier alpha value is -2.43. The maximum Gasteiger partial charge on any atom is 0.226 e. The second kappa shape index (κ2) is 7.77. The van der Waals surface area contributed by atoms with Gasteiger partial charge in [0.2, 0.25) is 5.91 Å². The number of halogens is 1. The molecule has 0 radical (unpaired) electrons. The zero-order chi connectivity index (χ0) is 20.6. The minimum atomic E-state index is -0.249. The number of carbonyl (C=O) groups is 1. The Morgan fingerprint density at radius 2 is 2.07 bits per heavy atom. The van der Waals surface area contributed by atoms with Crippen LogP contribution in [0.5, 0.6) is 0 Å². The van der Waals surface area contributed by atoms with E-state index in [1.165, 1.54) is 17.7 Å². The monoisotopic (exact) mass is 395 g/mol. The molecular weight excluding hydrogens is 365 g/mol. The van der Waals surface area contributed by atoms with Crippen molar-refractivity contribution in [2.75, 3.05) is 13.1 Å². The van der Waals surface area contributed by atoms with Crippen LogP contribution in [0, 0.1) is 17.2 Å². The van der Waals surface area contributed by atoms with Crippen molar-refractivity contribution in [1.29, 1.82) is 0 Å². The fourth-order valence-electron chi connectivity index (χ4n) is 5.02. The van der Waals surface area contributed by atoms with Gasteiger partial charge in [-0.15, -0.1) is 0 Å². The summed E-state index contributed by atoms with van der Waals surface area (Å²) >= 11 is 0. The summed E-state index contributed by atoms with van der Waals surface area (Å²) in [7, 11) is 0. The average molecular weight is 396 g/mol. The first-order valence-electron chi connectivity index (χ1n) is 10.8. The van der Waals surface area contributed by atoms with Crippen molar-refractivity contribution < 1.29 is 9.18 Å². The van der Waals surface area contributed by atoms with Crippen molar-refractivity contribution in [3.05, 3.63) is 53.1 Å². The van der Waals surface area contributed by atoms with E-state index >= 15 is 0 Å². The molecule has 2 aromatic rings. The van der Waals surface area contributed by atoms with Crippen LogP contribution in [0.3, 0.4) is 0 Å². The van der Waals surface area contributed by atoms with Crippen LogP contribution in [0.25, 0.3) is 11.8 Å². The minimum absolute atomic E-state index is 0.0351. The first-order valence-corrected chi connectivity index (χ1v) is 10.8. The smallest absolute Gasteiger partial charge is 0.226 e. The summed E-state index contributed by atoms with van der Waals surface area (Å²) in [6.45, 7) is 8.12. The van der Waals surface area contributed by atoms with Crippen LogP contribution in [0.2, 0.25) is 0 Å². The third-order valence-corrected chi connectivity index (χ3v) is 6.80. The highest BCUT2D eigenvalue weighted by atomic mass is 19.1. The van der Waals surface area contributed by atoms with Crippen LogP contribution in [0.15, 0.2) is 36.0 Å². The topological polar surface area (TPSA) is 38.1 Å². The molecule has 1 fully saturated rings. The molecule has 1 saturated carbocycles.